The zero-order valence-corrected chi connectivity index (χ0v) is 11.2. The van der Waals surface area contributed by atoms with Crippen LogP contribution in [0, 0.1) is 6.92 Å². The third kappa shape index (κ3) is 6.68. The van der Waals surface area contributed by atoms with Crippen LogP contribution in [0.3, 0.4) is 0 Å². The highest BCUT2D eigenvalue weighted by Gasteiger charge is 2.05. The van der Waals surface area contributed by atoms with Crippen molar-refractivity contribution in [3.05, 3.63) is 29.8 Å². The number of ether oxygens (including phenoxy) is 2. The molecule has 0 radical (unpaired) electrons. The van der Waals surface area contributed by atoms with E-state index in [-0.39, 0.29) is 0 Å². The fourth-order valence-corrected chi connectivity index (χ4v) is 2.23. The van der Waals surface area contributed by atoms with E-state index in [4.69, 9.17) is 9.47 Å². The molecule has 1 N–H and O–H groups in total. The summed E-state index contributed by atoms with van der Waals surface area (Å²) in [5, 5.41) is 9.69. The van der Waals surface area contributed by atoms with Crippen LogP contribution in [0.25, 0.3) is 0 Å². The molecule has 0 aromatic heterocycles. The first-order chi connectivity index (χ1) is 8.22. The first-order valence-electron chi connectivity index (χ1n) is 5.66. The minimum absolute atomic E-state index is 0.363. The van der Waals surface area contributed by atoms with Crippen LogP contribution < -0.4 is 0 Å². The van der Waals surface area contributed by atoms with E-state index in [2.05, 4.69) is 25.1 Å². The molecule has 0 aliphatic heterocycles. The van der Waals surface area contributed by atoms with Gasteiger partial charge in [-0.05, 0) is 19.1 Å². The highest BCUT2D eigenvalue weighted by molar-refractivity contribution is 7.99. The number of hydrogen-bond donors (Lipinski definition) is 1. The maximum Gasteiger partial charge on any atom is 0.0867 e. The quantitative estimate of drug-likeness (QED) is 0.571. The predicted octanol–water partition coefficient (Wildman–Crippen LogP) is 2.11. The maximum atomic E-state index is 9.69. The fraction of sp³-hybridized carbons (Fsp3) is 0.538. The van der Waals surface area contributed by atoms with Crippen molar-refractivity contribution in [3.63, 3.8) is 0 Å². The topological polar surface area (TPSA) is 38.7 Å². The summed E-state index contributed by atoms with van der Waals surface area (Å²) in [7, 11) is 1.63. The number of benzene rings is 1. The third-order valence-electron chi connectivity index (χ3n) is 2.17. The largest absolute Gasteiger partial charge is 0.390 e. The molecule has 0 aliphatic rings. The lowest BCUT2D eigenvalue weighted by molar-refractivity contribution is 0.0218. The van der Waals surface area contributed by atoms with Gasteiger partial charge in [0.15, 0.2) is 0 Å². The van der Waals surface area contributed by atoms with Crippen molar-refractivity contribution in [3.8, 4) is 0 Å². The molecule has 1 rings (SSSR count). The lowest BCUT2D eigenvalue weighted by atomic mass is 10.2. The molecule has 1 aromatic carbocycles. The molecule has 96 valence electrons. The molecule has 1 aromatic rings. The van der Waals surface area contributed by atoms with Gasteiger partial charge < -0.3 is 14.6 Å². The molecular weight excluding hydrogens is 236 g/mol. The van der Waals surface area contributed by atoms with Gasteiger partial charge in [0.05, 0.1) is 25.9 Å². The zero-order valence-electron chi connectivity index (χ0n) is 10.4. The van der Waals surface area contributed by atoms with Crippen LogP contribution in [0.15, 0.2) is 29.2 Å². The Morgan fingerprint density at radius 3 is 2.88 bits per heavy atom. The molecule has 0 fully saturated rings. The fourth-order valence-electron chi connectivity index (χ4n) is 1.31. The Bertz CT molecular complexity index is 317. The van der Waals surface area contributed by atoms with Crippen molar-refractivity contribution < 1.29 is 14.6 Å². The van der Waals surface area contributed by atoms with Crippen molar-refractivity contribution in [2.24, 2.45) is 0 Å². The second kappa shape index (κ2) is 8.53. The van der Waals surface area contributed by atoms with Gasteiger partial charge in [0.1, 0.15) is 0 Å². The molecule has 0 amide bonds. The van der Waals surface area contributed by atoms with Gasteiger partial charge in [-0.25, -0.2) is 0 Å². The van der Waals surface area contributed by atoms with Gasteiger partial charge in [-0.1, -0.05) is 17.7 Å². The number of aryl methyl sites for hydroxylation is 1. The summed E-state index contributed by atoms with van der Waals surface area (Å²) in [5.41, 5.74) is 1.24. The highest BCUT2D eigenvalue weighted by Crippen LogP contribution is 2.19. The summed E-state index contributed by atoms with van der Waals surface area (Å²) in [4.78, 5) is 1.18. The van der Waals surface area contributed by atoms with E-state index in [0.29, 0.717) is 25.6 Å². The lowest BCUT2D eigenvalue weighted by Crippen LogP contribution is -2.19. The molecule has 0 heterocycles. The van der Waals surface area contributed by atoms with Crippen molar-refractivity contribution in [1.82, 2.24) is 0 Å². The number of aliphatic hydroxyl groups excluding tert-OH is 1. The monoisotopic (exact) mass is 256 g/mol. The van der Waals surface area contributed by atoms with Crippen LogP contribution in [-0.2, 0) is 9.47 Å². The van der Waals surface area contributed by atoms with Crippen LogP contribution in [0.4, 0.5) is 0 Å². The van der Waals surface area contributed by atoms with E-state index in [1.807, 2.05) is 6.07 Å². The normalized spacial score (nSPS) is 12.6. The van der Waals surface area contributed by atoms with E-state index in [0.717, 1.165) is 0 Å². The van der Waals surface area contributed by atoms with Gasteiger partial charge in [0.2, 0.25) is 0 Å². The minimum Gasteiger partial charge on any atom is -0.390 e. The Morgan fingerprint density at radius 2 is 2.18 bits per heavy atom. The van der Waals surface area contributed by atoms with Gasteiger partial charge in [0, 0.05) is 17.8 Å². The molecule has 0 bridgehead atoms. The third-order valence-corrected chi connectivity index (χ3v) is 3.31. The molecule has 0 saturated heterocycles. The Morgan fingerprint density at radius 1 is 1.35 bits per heavy atom. The molecule has 0 spiro atoms. The molecule has 4 heteroatoms. The maximum absolute atomic E-state index is 9.69. The van der Waals surface area contributed by atoms with Crippen LogP contribution >= 0.6 is 11.8 Å². The number of aliphatic hydroxyl groups is 1. The van der Waals surface area contributed by atoms with Crippen molar-refractivity contribution in [2.45, 2.75) is 17.9 Å². The van der Waals surface area contributed by atoms with E-state index < -0.39 is 6.10 Å². The summed E-state index contributed by atoms with van der Waals surface area (Å²) in [6, 6.07) is 8.26. The minimum atomic E-state index is -0.433. The average Bonchev–Trinajstić information content (AvgIpc) is 2.32. The summed E-state index contributed by atoms with van der Waals surface area (Å²) in [6.07, 6.45) is -0.433. The van der Waals surface area contributed by atoms with Crippen molar-refractivity contribution in [2.75, 3.05) is 32.7 Å². The second-order valence-electron chi connectivity index (χ2n) is 3.85. The molecule has 0 aliphatic carbocycles. The van der Waals surface area contributed by atoms with E-state index in [1.165, 1.54) is 10.5 Å². The highest BCUT2D eigenvalue weighted by atomic mass is 32.2. The van der Waals surface area contributed by atoms with E-state index in [1.54, 1.807) is 18.9 Å². The standard InChI is InChI=1S/C13H20O3S/c1-11-4-3-5-13(8-11)17-10-12(14)9-16-7-6-15-2/h3-5,8,12,14H,6-7,9-10H2,1-2H3. The second-order valence-corrected chi connectivity index (χ2v) is 4.94. The molecule has 1 atom stereocenters. The van der Waals surface area contributed by atoms with Crippen molar-refractivity contribution in [1.29, 1.82) is 0 Å². The number of methoxy groups -OCH3 is 1. The van der Waals surface area contributed by atoms with Gasteiger partial charge in [-0.2, -0.15) is 0 Å². The lowest BCUT2D eigenvalue weighted by Gasteiger charge is -2.11. The first kappa shape index (κ1) is 14.5. The number of rotatable bonds is 8. The summed E-state index contributed by atoms with van der Waals surface area (Å²) >= 11 is 1.65. The predicted molar refractivity (Wildman–Crippen MR) is 70.6 cm³/mol. The summed E-state index contributed by atoms with van der Waals surface area (Å²) in [6.45, 7) is 3.52. The summed E-state index contributed by atoms with van der Waals surface area (Å²) < 4.78 is 10.1. The van der Waals surface area contributed by atoms with Crippen molar-refractivity contribution >= 4 is 11.8 Å². The Kier molecular flexibility index (Phi) is 7.28. The number of thioether (sulfide) groups is 1. The molecule has 1 unspecified atom stereocenters. The van der Waals surface area contributed by atoms with Gasteiger partial charge in [0.25, 0.3) is 0 Å². The molecule has 0 saturated carbocycles. The Balaban J connectivity index is 2.17. The van der Waals surface area contributed by atoms with Crippen LogP contribution in [0.1, 0.15) is 5.56 Å². The first-order valence-corrected chi connectivity index (χ1v) is 6.65. The zero-order chi connectivity index (χ0) is 12.5. The van der Waals surface area contributed by atoms with Gasteiger partial charge in [-0.3, -0.25) is 0 Å². The Labute approximate surface area is 107 Å². The molecular formula is C13H20O3S. The smallest absolute Gasteiger partial charge is 0.0867 e. The van der Waals surface area contributed by atoms with Gasteiger partial charge >= 0.3 is 0 Å². The molecule has 17 heavy (non-hydrogen) atoms. The number of hydrogen-bond acceptors (Lipinski definition) is 4. The van der Waals surface area contributed by atoms with Crippen LogP contribution in [0.2, 0.25) is 0 Å². The average molecular weight is 256 g/mol. The van der Waals surface area contributed by atoms with Gasteiger partial charge in [-0.15, -0.1) is 11.8 Å². The van der Waals surface area contributed by atoms with Crippen LogP contribution in [-0.4, -0.2) is 43.9 Å². The summed E-state index contributed by atoms with van der Waals surface area (Å²) in [5.74, 6) is 0.649. The Hall–Kier alpha value is -0.550. The molecule has 3 nitrogen and oxygen atoms in total. The van der Waals surface area contributed by atoms with E-state index in [9.17, 15) is 5.11 Å². The van der Waals surface area contributed by atoms with E-state index >= 15 is 0 Å². The van der Waals surface area contributed by atoms with Crippen LogP contribution in [0.5, 0.6) is 0 Å². The SMILES string of the molecule is COCCOCC(O)CSc1cccc(C)c1.